The second-order valence-corrected chi connectivity index (χ2v) is 10.6. The van der Waals surface area contributed by atoms with Crippen molar-refractivity contribution in [1.29, 1.82) is 0 Å². The van der Waals surface area contributed by atoms with E-state index >= 15 is 0 Å². The third-order valence-corrected chi connectivity index (χ3v) is 8.36. The number of carbonyl (C=O) groups excluding carboxylic acids is 3. The normalized spacial score (nSPS) is 33.0. The number of benzene rings is 2. The number of carbonyl (C=O) groups is 3. The van der Waals surface area contributed by atoms with E-state index in [-0.39, 0.29) is 30.9 Å². The molecule has 3 amide bonds. The summed E-state index contributed by atoms with van der Waals surface area (Å²) in [6.45, 7) is 2.68. The molecule has 0 radical (unpaired) electrons. The van der Waals surface area contributed by atoms with E-state index in [2.05, 4.69) is 0 Å². The van der Waals surface area contributed by atoms with Gasteiger partial charge in [0.15, 0.2) is 0 Å². The van der Waals surface area contributed by atoms with E-state index < -0.39 is 29.1 Å². The maximum Gasteiger partial charge on any atom is 0.253 e. The van der Waals surface area contributed by atoms with Crippen LogP contribution < -0.4 is 4.90 Å². The number of aliphatic hydroxyl groups is 1. The van der Waals surface area contributed by atoms with Crippen LogP contribution in [0.25, 0.3) is 10.8 Å². The molecule has 0 bridgehead atoms. The molecule has 2 aromatic rings. The molecule has 6 rings (SSSR count). The van der Waals surface area contributed by atoms with E-state index in [1.54, 1.807) is 16.8 Å². The van der Waals surface area contributed by atoms with Crippen molar-refractivity contribution < 1.29 is 24.2 Å². The van der Waals surface area contributed by atoms with Crippen LogP contribution in [0.15, 0.2) is 66.8 Å². The summed E-state index contributed by atoms with van der Waals surface area (Å²) < 4.78 is 6.76. The first kappa shape index (κ1) is 23.9. The lowest BCUT2D eigenvalue weighted by atomic mass is 9.74. The molecule has 2 saturated heterocycles. The monoisotopic (exact) mass is 501 g/mol. The van der Waals surface area contributed by atoms with E-state index in [1.807, 2.05) is 73.7 Å². The number of likely N-dealkylation sites (N-methyl/N-ethyl adjacent to an activating group) is 1. The molecule has 4 heterocycles. The van der Waals surface area contributed by atoms with Gasteiger partial charge in [-0.15, -0.1) is 0 Å². The fourth-order valence-electron chi connectivity index (χ4n) is 6.70. The molecule has 2 fully saturated rings. The standard InChI is InChI=1S/C29H31N3O5/c1-28-12-5-14-30(2)25(34)22(28)23-26(35)32(16-7-17-33)24-27(36)31(15-6-13-29(23,24)37-28)21-11-10-19-8-3-4-9-20(19)18-21/h3-6,8-13,18,22-24,33H,7,14-17H2,1-2H3/t22-,23+,24?,28+,29+/m1/s1. The Morgan fingerprint density at radius 2 is 1.70 bits per heavy atom. The van der Waals surface area contributed by atoms with Crippen molar-refractivity contribution in [3.05, 3.63) is 66.8 Å². The highest BCUT2D eigenvalue weighted by Gasteiger charge is 2.74. The van der Waals surface area contributed by atoms with Crippen LogP contribution in [-0.2, 0) is 19.1 Å². The lowest BCUT2D eigenvalue weighted by Gasteiger charge is -2.37. The van der Waals surface area contributed by atoms with Gasteiger partial charge in [-0.05, 0) is 36.2 Å². The van der Waals surface area contributed by atoms with Gasteiger partial charge in [-0.3, -0.25) is 14.4 Å². The van der Waals surface area contributed by atoms with Crippen molar-refractivity contribution in [2.45, 2.75) is 30.6 Å². The van der Waals surface area contributed by atoms with Crippen molar-refractivity contribution in [1.82, 2.24) is 9.80 Å². The quantitative estimate of drug-likeness (QED) is 0.649. The van der Waals surface area contributed by atoms with E-state index in [0.29, 0.717) is 19.5 Å². The molecule has 37 heavy (non-hydrogen) atoms. The maximum absolute atomic E-state index is 14.4. The first-order valence-corrected chi connectivity index (χ1v) is 12.8. The number of fused-ring (bicyclic) bond motifs is 3. The molecule has 192 valence electrons. The fraction of sp³-hybridized carbons (Fsp3) is 0.414. The molecule has 2 aromatic carbocycles. The Morgan fingerprint density at radius 1 is 0.946 bits per heavy atom. The van der Waals surface area contributed by atoms with Crippen molar-refractivity contribution in [3.8, 4) is 0 Å². The van der Waals surface area contributed by atoms with Crippen molar-refractivity contribution in [2.75, 3.05) is 38.2 Å². The number of hydrogen-bond donors (Lipinski definition) is 1. The van der Waals surface area contributed by atoms with E-state index in [0.717, 1.165) is 16.5 Å². The average Bonchev–Trinajstić information content (AvgIpc) is 3.16. The number of ether oxygens (including phenoxy) is 1. The zero-order valence-corrected chi connectivity index (χ0v) is 21.0. The molecular formula is C29H31N3O5. The SMILES string of the molecule is CN1CC=C[C@]2(C)O[C@]34C=CCN(c5ccc6ccccc6c5)C(=O)C3N(CCCO)C(=O)[C@@H]4[C@@H]2C1=O. The number of hydrogen-bond acceptors (Lipinski definition) is 5. The van der Waals surface area contributed by atoms with E-state index in [4.69, 9.17) is 4.74 Å². The van der Waals surface area contributed by atoms with Crippen LogP contribution in [0.3, 0.4) is 0 Å². The smallest absolute Gasteiger partial charge is 0.253 e. The van der Waals surface area contributed by atoms with Gasteiger partial charge in [0.05, 0.1) is 17.4 Å². The summed E-state index contributed by atoms with van der Waals surface area (Å²) in [6, 6.07) is 12.9. The topological polar surface area (TPSA) is 90.4 Å². The van der Waals surface area contributed by atoms with Crippen molar-refractivity contribution >= 4 is 34.2 Å². The van der Waals surface area contributed by atoms with Gasteiger partial charge in [0.2, 0.25) is 11.8 Å². The number of aliphatic hydroxyl groups excluding tert-OH is 1. The van der Waals surface area contributed by atoms with Gasteiger partial charge in [0.25, 0.3) is 5.91 Å². The molecule has 1 spiro atoms. The van der Waals surface area contributed by atoms with Gasteiger partial charge >= 0.3 is 0 Å². The van der Waals surface area contributed by atoms with Gasteiger partial charge < -0.3 is 24.5 Å². The minimum atomic E-state index is -1.28. The van der Waals surface area contributed by atoms with Crippen LogP contribution in [0.4, 0.5) is 5.69 Å². The summed E-state index contributed by atoms with van der Waals surface area (Å²) in [5.41, 5.74) is -1.57. The number of amides is 3. The average molecular weight is 502 g/mol. The zero-order chi connectivity index (χ0) is 25.9. The Hall–Kier alpha value is -3.49. The minimum absolute atomic E-state index is 0.112. The number of nitrogens with zero attached hydrogens (tertiary/aromatic N) is 3. The first-order valence-electron chi connectivity index (χ1n) is 12.8. The van der Waals surface area contributed by atoms with Crippen LogP contribution in [-0.4, -0.2) is 83.2 Å². The Kier molecular flexibility index (Phi) is 5.51. The molecule has 0 aromatic heterocycles. The highest BCUT2D eigenvalue weighted by molar-refractivity contribution is 6.06. The summed E-state index contributed by atoms with van der Waals surface area (Å²) in [5.74, 6) is -2.28. The maximum atomic E-state index is 14.4. The van der Waals surface area contributed by atoms with Gasteiger partial charge in [-0.25, -0.2) is 0 Å². The molecule has 1 N–H and O–H groups in total. The lowest BCUT2D eigenvalue weighted by Crippen LogP contribution is -2.56. The Morgan fingerprint density at radius 3 is 2.49 bits per heavy atom. The van der Waals surface area contributed by atoms with Gasteiger partial charge in [-0.2, -0.15) is 0 Å². The Bertz CT molecular complexity index is 1350. The summed E-state index contributed by atoms with van der Waals surface area (Å²) >= 11 is 0. The summed E-state index contributed by atoms with van der Waals surface area (Å²) in [4.78, 5) is 46.8. The second kappa shape index (κ2) is 8.53. The first-order chi connectivity index (χ1) is 17.8. The third kappa shape index (κ3) is 3.39. The number of rotatable bonds is 4. The number of likely N-dealkylation sites (tertiary alicyclic amines) is 1. The van der Waals surface area contributed by atoms with E-state index in [9.17, 15) is 19.5 Å². The highest BCUT2D eigenvalue weighted by atomic mass is 16.5. The summed E-state index contributed by atoms with van der Waals surface area (Å²) in [6.07, 6.45) is 7.82. The van der Waals surface area contributed by atoms with Gasteiger partial charge in [0.1, 0.15) is 11.6 Å². The Labute approximate surface area is 215 Å². The van der Waals surface area contributed by atoms with Crippen LogP contribution in [0.2, 0.25) is 0 Å². The van der Waals surface area contributed by atoms with Crippen LogP contribution in [0.5, 0.6) is 0 Å². The van der Waals surface area contributed by atoms with Crippen molar-refractivity contribution in [3.63, 3.8) is 0 Å². The van der Waals surface area contributed by atoms with Gasteiger partial charge in [-0.1, -0.05) is 54.6 Å². The van der Waals surface area contributed by atoms with Crippen molar-refractivity contribution in [2.24, 2.45) is 11.8 Å². The van der Waals surface area contributed by atoms with E-state index in [1.165, 1.54) is 4.90 Å². The van der Waals surface area contributed by atoms with Crippen LogP contribution >= 0.6 is 0 Å². The molecular weight excluding hydrogens is 470 g/mol. The highest BCUT2D eigenvalue weighted by Crippen LogP contribution is 2.57. The predicted molar refractivity (Wildman–Crippen MR) is 139 cm³/mol. The lowest BCUT2D eigenvalue weighted by molar-refractivity contribution is -0.148. The summed E-state index contributed by atoms with van der Waals surface area (Å²) in [7, 11) is 1.72. The zero-order valence-electron chi connectivity index (χ0n) is 21.0. The molecule has 8 heteroatoms. The molecule has 0 saturated carbocycles. The largest absolute Gasteiger partial charge is 0.396 e. The Balaban J connectivity index is 1.47. The third-order valence-electron chi connectivity index (χ3n) is 8.36. The summed E-state index contributed by atoms with van der Waals surface area (Å²) in [5, 5.41) is 11.6. The van der Waals surface area contributed by atoms with Crippen LogP contribution in [0, 0.1) is 11.8 Å². The fourth-order valence-corrected chi connectivity index (χ4v) is 6.70. The molecule has 4 aliphatic rings. The molecule has 4 aliphatic heterocycles. The molecule has 8 nitrogen and oxygen atoms in total. The van der Waals surface area contributed by atoms with Gasteiger partial charge in [0, 0.05) is 39.0 Å². The molecule has 5 atom stereocenters. The predicted octanol–water partition coefficient (Wildman–Crippen LogP) is 2.12. The second-order valence-electron chi connectivity index (χ2n) is 10.6. The van der Waals surface area contributed by atoms with Crippen LogP contribution in [0.1, 0.15) is 13.3 Å². The molecule has 1 unspecified atom stereocenters. The minimum Gasteiger partial charge on any atom is -0.396 e. The molecule has 0 aliphatic carbocycles. The number of anilines is 1.